The molecule has 116 valence electrons. The molecular formula is C15H23N3O3. The van der Waals surface area contributed by atoms with Crippen LogP contribution in [0.5, 0.6) is 0 Å². The van der Waals surface area contributed by atoms with Gasteiger partial charge in [-0.3, -0.25) is 4.79 Å². The summed E-state index contributed by atoms with van der Waals surface area (Å²) in [5.74, 6) is -0.899. The van der Waals surface area contributed by atoms with E-state index in [0.717, 1.165) is 5.69 Å². The van der Waals surface area contributed by atoms with Crippen molar-refractivity contribution in [3.05, 3.63) is 24.3 Å². The predicted molar refractivity (Wildman–Crippen MR) is 83.8 cm³/mol. The fourth-order valence-corrected chi connectivity index (χ4v) is 1.88. The number of hydrogen-bond donors (Lipinski definition) is 3. The molecule has 0 fully saturated rings. The van der Waals surface area contributed by atoms with Crippen LogP contribution < -0.4 is 15.5 Å². The van der Waals surface area contributed by atoms with Crippen LogP contribution in [0, 0.1) is 5.92 Å². The van der Waals surface area contributed by atoms with Crippen molar-refractivity contribution in [3.8, 4) is 0 Å². The molecule has 0 saturated carbocycles. The average Bonchev–Trinajstić information content (AvgIpc) is 2.43. The van der Waals surface area contributed by atoms with Crippen LogP contribution in [0.1, 0.15) is 19.8 Å². The third kappa shape index (κ3) is 6.16. The van der Waals surface area contributed by atoms with E-state index in [2.05, 4.69) is 10.6 Å². The first-order chi connectivity index (χ1) is 9.92. The summed E-state index contributed by atoms with van der Waals surface area (Å²) in [4.78, 5) is 24.4. The first-order valence-electron chi connectivity index (χ1n) is 6.96. The number of nitrogens with zero attached hydrogens (tertiary/aromatic N) is 1. The zero-order chi connectivity index (χ0) is 15.8. The largest absolute Gasteiger partial charge is 0.481 e. The predicted octanol–water partition coefficient (Wildman–Crippen LogP) is 2.38. The van der Waals surface area contributed by atoms with Crippen LogP contribution in [0.15, 0.2) is 24.3 Å². The topological polar surface area (TPSA) is 81.7 Å². The van der Waals surface area contributed by atoms with Crippen molar-refractivity contribution in [2.24, 2.45) is 5.92 Å². The first kappa shape index (κ1) is 16.8. The zero-order valence-electron chi connectivity index (χ0n) is 12.7. The van der Waals surface area contributed by atoms with E-state index in [0.29, 0.717) is 18.7 Å². The van der Waals surface area contributed by atoms with Crippen LogP contribution in [0.25, 0.3) is 0 Å². The van der Waals surface area contributed by atoms with E-state index >= 15 is 0 Å². The van der Waals surface area contributed by atoms with Crippen molar-refractivity contribution in [1.29, 1.82) is 0 Å². The number of rotatable bonds is 7. The molecule has 0 heterocycles. The Morgan fingerprint density at radius 1 is 1.33 bits per heavy atom. The van der Waals surface area contributed by atoms with Gasteiger partial charge in [0.2, 0.25) is 0 Å². The summed E-state index contributed by atoms with van der Waals surface area (Å²) in [7, 11) is 3.86. The van der Waals surface area contributed by atoms with Gasteiger partial charge in [0.15, 0.2) is 0 Å². The van der Waals surface area contributed by atoms with Gasteiger partial charge < -0.3 is 20.6 Å². The Labute approximate surface area is 125 Å². The van der Waals surface area contributed by atoms with Crippen molar-refractivity contribution in [3.63, 3.8) is 0 Å². The van der Waals surface area contributed by atoms with Gasteiger partial charge in [-0.05, 0) is 24.1 Å². The van der Waals surface area contributed by atoms with Crippen molar-refractivity contribution >= 4 is 23.4 Å². The average molecular weight is 293 g/mol. The van der Waals surface area contributed by atoms with E-state index in [-0.39, 0.29) is 18.4 Å². The van der Waals surface area contributed by atoms with E-state index in [4.69, 9.17) is 5.11 Å². The summed E-state index contributed by atoms with van der Waals surface area (Å²) < 4.78 is 0. The molecular weight excluding hydrogens is 270 g/mol. The Kier molecular flexibility index (Phi) is 6.52. The molecule has 1 aromatic rings. The number of hydrogen-bond acceptors (Lipinski definition) is 3. The maximum atomic E-state index is 11.8. The van der Waals surface area contributed by atoms with Crippen LogP contribution in [0.3, 0.4) is 0 Å². The third-order valence-electron chi connectivity index (χ3n) is 3.21. The molecule has 6 heteroatoms. The number of benzene rings is 1. The second-order valence-electron chi connectivity index (χ2n) is 5.15. The number of carboxylic acids is 1. The highest BCUT2D eigenvalue weighted by Gasteiger charge is 2.12. The molecule has 3 N–H and O–H groups in total. The summed E-state index contributed by atoms with van der Waals surface area (Å²) in [6.07, 6.45) is 0.773. The number of nitrogens with one attached hydrogen (secondary N) is 2. The van der Waals surface area contributed by atoms with Crippen molar-refractivity contribution in [2.45, 2.75) is 19.8 Å². The van der Waals surface area contributed by atoms with E-state index in [9.17, 15) is 9.59 Å². The molecule has 21 heavy (non-hydrogen) atoms. The number of anilines is 2. The van der Waals surface area contributed by atoms with Crippen molar-refractivity contribution < 1.29 is 14.7 Å². The van der Waals surface area contributed by atoms with Gasteiger partial charge in [-0.1, -0.05) is 19.4 Å². The van der Waals surface area contributed by atoms with E-state index < -0.39 is 5.97 Å². The summed E-state index contributed by atoms with van der Waals surface area (Å²) in [6, 6.07) is 7.16. The highest BCUT2D eigenvalue weighted by atomic mass is 16.4. The lowest BCUT2D eigenvalue weighted by Gasteiger charge is -2.16. The summed E-state index contributed by atoms with van der Waals surface area (Å²) in [5, 5.41) is 14.2. The van der Waals surface area contributed by atoms with Gasteiger partial charge in [-0.25, -0.2) is 4.79 Å². The Morgan fingerprint density at radius 3 is 2.62 bits per heavy atom. The highest BCUT2D eigenvalue weighted by Crippen LogP contribution is 2.17. The molecule has 0 aliphatic rings. The van der Waals surface area contributed by atoms with Gasteiger partial charge in [0, 0.05) is 38.4 Å². The molecule has 0 aliphatic heterocycles. The Balaban J connectivity index is 2.50. The molecule has 1 aromatic carbocycles. The molecule has 0 aromatic heterocycles. The molecule has 0 saturated heterocycles. The fourth-order valence-electron chi connectivity index (χ4n) is 1.88. The number of amides is 2. The quantitative estimate of drug-likeness (QED) is 0.721. The SMILES string of the molecule is CCC(CNC(=O)Nc1cccc(N(C)C)c1)CC(=O)O. The molecule has 1 unspecified atom stereocenters. The molecule has 0 radical (unpaired) electrons. The van der Waals surface area contributed by atoms with Crippen molar-refractivity contribution in [2.75, 3.05) is 30.9 Å². The Hall–Kier alpha value is -2.24. The van der Waals surface area contributed by atoms with E-state index in [1.165, 1.54) is 0 Å². The minimum Gasteiger partial charge on any atom is -0.481 e. The number of carboxylic acid groups (broad SMARTS) is 1. The fraction of sp³-hybridized carbons (Fsp3) is 0.467. The lowest BCUT2D eigenvalue weighted by Crippen LogP contribution is -2.33. The smallest absolute Gasteiger partial charge is 0.319 e. The van der Waals surface area contributed by atoms with Crippen LogP contribution in [0.4, 0.5) is 16.2 Å². The normalized spacial score (nSPS) is 11.6. The van der Waals surface area contributed by atoms with Crippen LogP contribution in [0.2, 0.25) is 0 Å². The van der Waals surface area contributed by atoms with Crippen molar-refractivity contribution in [1.82, 2.24) is 5.32 Å². The van der Waals surface area contributed by atoms with Gasteiger partial charge in [0.25, 0.3) is 0 Å². The van der Waals surface area contributed by atoms with Gasteiger partial charge in [0.05, 0.1) is 0 Å². The maximum absolute atomic E-state index is 11.8. The minimum absolute atomic E-state index is 0.0543. The van der Waals surface area contributed by atoms with Gasteiger partial charge in [0.1, 0.15) is 0 Å². The van der Waals surface area contributed by atoms with Crippen LogP contribution in [-0.2, 0) is 4.79 Å². The number of aliphatic carboxylic acids is 1. The molecule has 0 aliphatic carbocycles. The lowest BCUT2D eigenvalue weighted by molar-refractivity contribution is -0.138. The van der Waals surface area contributed by atoms with Gasteiger partial charge >= 0.3 is 12.0 Å². The van der Waals surface area contributed by atoms with Crippen LogP contribution >= 0.6 is 0 Å². The molecule has 0 spiro atoms. The third-order valence-corrected chi connectivity index (χ3v) is 3.21. The first-order valence-corrected chi connectivity index (χ1v) is 6.96. The number of carbonyl (C=O) groups excluding carboxylic acids is 1. The number of carbonyl (C=O) groups is 2. The standard InChI is InChI=1S/C15H23N3O3/c1-4-11(8-14(19)20)10-16-15(21)17-12-6-5-7-13(9-12)18(2)3/h5-7,9,11H,4,8,10H2,1-3H3,(H,19,20)(H2,16,17,21). The highest BCUT2D eigenvalue weighted by molar-refractivity contribution is 5.89. The second kappa shape index (κ2) is 8.14. The zero-order valence-corrected chi connectivity index (χ0v) is 12.7. The van der Waals surface area contributed by atoms with Crippen LogP contribution in [-0.4, -0.2) is 37.7 Å². The number of urea groups is 1. The van der Waals surface area contributed by atoms with E-state index in [1.807, 2.05) is 44.1 Å². The Bertz CT molecular complexity index is 489. The van der Waals surface area contributed by atoms with Gasteiger partial charge in [-0.2, -0.15) is 0 Å². The Morgan fingerprint density at radius 2 is 2.05 bits per heavy atom. The lowest BCUT2D eigenvalue weighted by atomic mass is 10.0. The van der Waals surface area contributed by atoms with Gasteiger partial charge in [-0.15, -0.1) is 0 Å². The second-order valence-corrected chi connectivity index (χ2v) is 5.15. The summed E-state index contributed by atoms with van der Waals surface area (Å²) in [6.45, 7) is 2.26. The van der Waals surface area contributed by atoms with E-state index in [1.54, 1.807) is 6.07 Å². The molecule has 6 nitrogen and oxygen atoms in total. The summed E-state index contributed by atoms with van der Waals surface area (Å²) in [5.41, 5.74) is 1.69. The maximum Gasteiger partial charge on any atom is 0.319 e. The molecule has 1 rings (SSSR count). The summed E-state index contributed by atoms with van der Waals surface area (Å²) >= 11 is 0. The molecule has 2 amide bonds. The minimum atomic E-state index is -0.845. The monoisotopic (exact) mass is 293 g/mol. The molecule has 0 bridgehead atoms. The molecule has 1 atom stereocenters.